The molecule has 2 aromatic carbocycles. The van der Waals surface area contributed by atoms with Gasteiger partial charge in [-0.3, -0.25) is 0 Å². The van der Waals surface area contributed by atoms with Crippen molar-refractivity contribution in [1.82, 2.24) is 0 Å². The van der Waals surface area contributed by atoms with Gasteiger partial charge in [0.05, 0.1) is 11.6 Å². The molecule has 2 rings (SSSR count). The minimum absolute atomic E-state index is 0.304. The largest absolute Gasteiger partial charge is 0.540 e. The lowest BCUT2D eigenvalue weighted by molar-refractivity contribution is 0.572. The fourth-order valence-electron chi connectivity index (χ4n) is 4.20. The minimum atomic E-state index is 0.304. The summed E-state index contributed by atoms with van der Waals surface area (Å²) in [6.07, 6.45) is 0. The maximum Gasteiger partial charge on any atom is 0.341 e. The minimum Gasteiger partial charge on any atom is -0.540 e. The number of benzene rings is 2. The zero-order valence-electron chi connectivity index (χ0n) is 18.1. The average molecular weight is 389 g/mol. The van der Waals surface area contributed by atoms with Gasteiger partial charge in [0.2, 0.25) is 0 Å². The van der Waals surface area contributed by atoms with Crippen LogP contribution < -0.4 is 4.43 Å². The first kappa shape index (κ1) is 22.0. The molecular weight excluding hydrogens is 358 g/mol. The van der Waals surface area contributed by atoms with E-state index in [2.05, 4.69) is 71.6 Å². The first-order valence-electron chi connectivity index (χ1n) is 9.89. The maximum absolute atomic E-state index is 9.31. The maximum atomic E-state index is 9.31. The van der Waals surface area contributed by atoms with E-state index >= 15 is 0 Å². The molecule has 0 saturated carbocycles. The van der Waals surface area contributed by atoms with Gasteiger partial charge in [-0.15, -0.1) is 0 Å². The van der Waals surface area contributed by atoms with E-state index in [1.54, 1.807) is 0 Å². The average Bonchev–Trinajstić information content (AvgIpc) is 2.65. The molecule has 3 radical (unpaired) electrons. The summed E-state index contributed by atoms with van der Waals surface area (Å²) in [5.74, 6) is 1.86. The monoisotopic (exact) mass is 388 g/mol. The smallest absolute Gasteiger partial charge is 0.341 e. The Labute approximate surface area is 173 Å². The summed E-state index contributed by atoms with van der Waals surface area (Å²) in [7, 11) is 3.34. The van der Waals surface area contributed by atoms with Crippen molar-refractivity contribution in [3.63, 3.8) is 0 Å². The summed E-state index contributed by atoms with van der Waals surface area (Å²) >= 11 is 0. The Kier molecular flexibility index (Phi) is 6.90. The fourth-order valence-corrected chi connectivity index (χ4v) is 4.42. The van der Waals surface area contributed by atoms with Gasteiger partial charge in [0.25, 0.3) is 0 Å². The SMILES string of the molecule is C=C(c1cccc(C#N)c1)c1c(C)c(C(C)C)c(O[Si])c(C(C)C)c1C(C)C. The molecule has 0 N–H and O–H groups in total. The van der Waals surface area contributed by atoms with Crippen molar-refractivity contribution in [2.75, 3.05) is 0 Å². The highest BCUT2D eigenvalue weighted by Gasteiger charge is 2.28. The topological polar surface area (TPSA) is 33.0 Å². The van der Waals surface area contributed by atoms with Gasteiger partial charge in [-0.25, -0.2) is 0 Å². The Hall–Kier alpha value is -2.31. The highest BCUT2D eigenvalue weighted by molar-refractivity contribution is 6.00. The van der Waals surface area contributed by atoms with Crippen LogP contribution in [0.2, 0.25) is 0 Å². The lowest BCUT2D eigenvalue weighted by atomic mass is 9.76. The van der Waals surface area contributed by atoms with Crippen molar-refractivity contribution >= 4 is 16.1 Å². The predicted octanol–water partition coefficient (Wildman–Crippen LogP) is 6.76. The molecule has 0 aromatic heterocycles. The van der Waals surface area contributed by atoms with Crippen LogP contribution in [0.3, 0.4) is 0 Å². The molecule has 0 amide bonds. The van der Waals surface area contributed by atoms with E-state index < -0.39 is 0 Å². The van der Waals surface area contributed by atoms with E-state index in [-0.39, 0.29) is 0 Å². The lowest BCUT2D eigenvalue weighted by Crippen LogP contribution is -2.13. The van der Waals surface area contributed by atoms with Crippen molar-refractivity contribution in [1.29, 1.82) is 5.26 Å². The van der Waals surface area contributed by atoms with Gasteiger partial charge in [0.15, 0.2) is 0 Å². The van der Waals surface area contributed by atoms with Crippen LogP contribution in [0.1, 0.15) is 98.2 Å². The molecule has 0 heterocycles. The van der Waals surface area contributed by atoms with E-state index in [9.17, 15) is 5.26 Å². The summed E-state index contributed by atoms with van der Waals surface area (Å²) in [5.41, 5.74) is 8.69. The Morgan fingerprint density at radius 3 is 2.04 bits per heavy atom. The Morgan fingerprint density at radius 1 is 1.00 bits per heavy atom. The van der Waals surface area contributed by atoms with E-state index in [0.717, 1.165) is 16.9 Å². The third-order valence-electron chi connectivity index (χ3n) is 5.30. The number of nitrogens with zero attached hydrogens (tertiary/aromatic N) is 1. The highest BCUT2D eigenvalue weighted by atomic mass is 28.2. The Bertz CT molecular complexity index is 933. The summed E-state index contributed by atoms with van der Waals surface area (Å²) in [4.78, 5) is 0. The molecule has 0 unspecified atom stereocenters. The van der Waals surface area contributed by atoms with Gasteiger partial charge in [-0.2, -0.15) is 5.26 Å². The number of rotatable bonds is 6. The van der Waals surface area contributed by atoms with Gasteiger partial charge < -0.3 is 4.43 Å². The van der Waals surface area contributed by atoms with Crippen LogP contribution in [-0.2, 0) is 0 Å². The summed E-state index contributed by atoms with van der Waals surface area (Å²) in [6.45, 7) is 19.9. The second-order valence-electron chi connectivity index (χ2n) is 8.31. The Balaban J connectivity index is 2.96. The van der Waals surface area contributed by atoms with Crippen molar-refractivity contribution in [2.24, 2.45) is 0 Å². The normalized spacial score (nSPS) is 11.2. The second kappa shape index (κ2) is 8.79. The molecule has 0 bridgehead atoms. The molecule has 0 aliphatic heterocycles. The van der Waals surface area contributed by atoms with Crippen molar-refractivity contribution in [2.45, 2.75) is 66.2 Å². The van der Waals surface area contributed by atoms with E-state index in [0.29, 0.717) is 23.3 Å². The summed E-state index contributed by atoms with van der Waals surface area (Å²) in [5, 5.41) is 9.31. The molecule has 0 atom stereocenters. The van der Waals surface area contributed by atoms with Crippen molar-refractivity contribution in [3.05, 3.63) is 69.8 Å². The second-order valence-corrected chi connectivity index (χ2v) is 8.51. The van der Waals surface area contributed by atoms with Gasteiger partial charge in [0, 0.05) is 0 Å². The zero-order valence-corrected chi connectivity index (χ0v) is 19.1. The quantitative estimate of drug-likeness (QED) is 0.512. The molecule has 0 aliphatic carbocycles. The van der Waals surface area contributed by atoms with Crippen LogP contribution in [0.15, 0.2) is 30.8 Å². The van der Waals surface area contributed by atoms with E-state index in [1.807, 2.05) is 24.3 Å². The lowest BCUT2D eigenvalue weighted by Gasteiger charge is -2.30. The van der Waals surface area contributed by atoms with Gasteiger partial charge >= 0.3 is 10.5 Å². The number of hydrogen-bond acceptors (Lipinski definition) is 2. The molecule has 145 valence electrons. The highest BCUT2D eigenvalue weighted by Crippen LogP contribution is 2.46. The van der Waals surface area contributed by atoms with Crippen LogP contribution in [0.5, 0.6) is 5.75 Å². The van der Waals surface area contributed by atoms with Crippen LogP contribution >= 0.6 is 0 Å². The molecule has 3 heteroatoms. The van der Waals surface area contributed by atoms with E-state index in [4.69, 9.17) is 4.43 Å². The van der Waals surface area contributed by atoms with Crippen LogP contribution in [0.4, 0.5) is 0 Å². The van der Waals surface area contributed by atoms with Crippen molar-refractivity contribution in [3.8, 4) is 11.8 Å². The molecule has 0 aliphatic rings. The number of nitriles is 1. The van der Waals surface area contributed by atoms with Crippen LogP contribution in [-0.4, -0.2) is 10.5 Å². The van der Waals surface area contributed by atoms with E-state index in [1.165, 1.54) is 27.8 Å². The molecule has 2 aromatic rings. The summed E-state index contributed by atoms with van der Waals surface area (Å²) < 4.78 is 5.78. The fraction of sp³-hybridized carbons (Fsp3) is 0.400. The van der Waals surface area contributed by atoms with Gasteiger partial charge in [-0.05, 0) is 75.8 Å². The first-order valence-corrected chi connectivity index (χ1v) is 10.3. The molecular formula is C25H30NOSi. The predicted molar refractivity (Wildman–Crippen MR) is 119 cm³/mol. The molecule has 0 spiro atoms. The zero-order chi connectivity index (χ0) is 21.2. The van der Waals surface area contributed by atoms with Gasteiger partial charge in [0.1, 0.15) is 5.75 Å². The molecule has 0 fully saturated rings. The molecule has 28 heavy (non-hydrogen) atoms. The molecule has 2 nitrogen and oxygen atoms in total. The standard InChI is InChI=1S/C25H30NOSi/c1-14(2)21-18(8)24(17(7)20-11-9-10-19(12-20)13-26)22(15(3)4)23(16(5)6)25(21)27-28/h9-12,14-16H,7H2,1-6,8H3. The van der Waals surface area contributed by atoms with Crippen LogP contribution in [0.25, 0.3) is 5.57 Å². The first-order chi connectivity index (χ1) is 13.1. The number of hydrogen-bond donors (Lipinski definition) is 0. The molecule has 0 saturated heterocycles. The van der Waals surface area contributed by atoms with Crippen molar-refractivity contribution < 1.29 is 4.43 Å². The van der Waals surface area contributed by atoms with Gasteiger partial charge in [-0.1, -0.05) is 60.3 Å². The van der Waals surface area contributed by atoms with Crippen LogP contribution in [0, 0.1) is 18.3 Å². The third kappa shape index (κ3) is 3.93. The summed E-state index contributed by atoms with van der Waals surface area (Å²) in [6, 6.07) is 9.94. The third-order valence-corrected chi connectivity index (χ3v) is 5.51. The Morgan fingerprint density at radius 2 is 1.57 bits per heavy atom.